The Morgan fingerprint density at radius 2 is 1.81 bits per heavy atom. The number of rotatable bonds is 10. The molecule has 0 bridgehead atoms. The molecule has 1 heterocycles. The van der Waals surface area contributed by atoms with Crippen molar-refractivity contribution in [2.45, 2.75) is 19.6 Å². The van der Waals surface area contributed by atoms with Gasteiger partial charge in [-0.3, -0.25) is 0 Å². The van der Waals surface area contributed by atoms with E-state index < -0.39 is 0 Å². The molecule has 4 nitrogen and oxygen atoms in total. The highest BCUT2D eigenvalue weighted by atomic mass is 35.5. The third-order valence-electron chi connectivity index (χ3n) is 3.97. The lowest BCUT2D eigenvalue weighted by Gasteiger charge is -2.10. The Hall–Kier alpha value is -2.56. The van der Waals surface area contributed by atoms with Gasteiger partial charge >= 0.3 is 0 Å². The van der Waals surface area contributed by atoms with Crippen LogP contribution in [0.15, 0.2) is 72.9 Å². The first-order valence-electron chi connectivity index (χ1n) is 9.01. The van der Waals surface area contributed by atoms with Crippen molar-refractivity contribution in [3.63, 3.8) is 0 Å². The Balaban J connectivity index is 1.37. The molecule has 5 heteroatoms. The summed E-state index contributed by atoms with van der Waals surface area (Å²) < 4.78 is 11.4. The number of halogens is 1. The fourth-order valence-corrected chi connectivity index (χ4v) is 2.75. The Bertz CT molecular complexity index is 827. The Morgan fingerprint density at radius 3 is 2.67 bits per heavy atom. The maximum absolute atomic E-state index is 6.17. The summed E-state index contributed by atoms with van der Waals surface area (Å²) >= 11 is 6.17. The minimum absolute atomic E-state index is 0.460. The fraction of sp³-hybridized carbons (Fsp3) is 0.227. The van der Waals surface area contributed by atoms with Gasteiger partial charge in [0.15, 0.2) is 0 Å². The zero-order chi connectivity index (χ0) is 18.7. The Morgan fingerprint density at radius 1 is 0.926 bits per heavy atom. The second kappa shape index (κ2) is 10.6. The quantitative estimate of drug-likeness (QED) is 0.508. The lowest BCUT2D eigenvalue weighted by Crippen LogP contribution is -2.17. The SMILES string of the molecule is Clc1ccccc1COc1cccc(CNCCCOc2ccccn2)c1. The van der Waals surface area contributed by atoms with Gasteiger partial charge in [0.1, 0.15) is 12.4 Å². The van der Waals surface area contributed by atoms with Crippen molar-refractivity contribution >= 4 is 11.6 Å². The summed E-state index contributed by atoms with van der Waals surface area (Å²) in [6, 6.07) is 21.5. The molecule has 0 fully saturated rings. The van der Waals surface area contributed by atoms with Gasteiger partial charge in [-0.1, -0.05) is 48.0 Å². The van der Waals surface area contributed by atoms with E-state index in [0.717, 1.165) is 35.8 Å². The summed E-state index contributed by atoms with van der Waals surface area (Å²) in [5.74, 6) is 1.51. The summed E-state index contributed by atoms with van der Waals surface area (Å²) in [5, 5.41) is 4.15. The molecule has 0 amide bonds. The van der Waals surface area contributed by atoms with Gasteiger partial charge in [-0.2, -0.15) is 0 Å². The third kappa shape index (κ3) is 6.59. The molecule has 0 saturated carbocycles. The van der Waals surface area contributed by atoms with Crippen LogP contribution in [0.2, 0.25) is 5.02 Å². The molecule has 0 unspecified atom stereocenters. The lowest BCUT2D eigenvalue weighted by molar-refractivity contribution is 0.296. The number of nitrogens with zero attached hydrogens (tertiary/aromatic N) is 1. The van der Waals surface area contributed by atoms with Crippen molar-refractivity contribution < 1.29 is 9.47 Å². The highest BCUT2D eigenvalue weighted by Crippen LogP contribution is 2.19. The monoisotopic (exact) mass is 382 g/mol. The summed E-state index contributed by atoms with van der Waals surface area (Å²) in [7, 11) is 0. The average Bonchev–Trinajstić information content (AvgIpc) is 2.71. The summed E-state index contributed by atoms with van der Waals surface area (Å²) in [4.78, 5) is 4.13. The maximum Gasteiger partial charge on any atom is 0.213 e. The van der Waals surface area contributed by atoms with Crippen LogP contribution in [0.4, 0.5) is 0 Å². The average molecular weight is 383 g/mol. The van der Waals surface area contributed by atoms with E-state index in [9.17, 15) is 0 Å². The highest BCUT2D eigenvalue weighted by molar-refractivity contribution is 6.31. The van der Waals surface area contributed by atoms with Gasteiger partial charge in [0.25, 0.3) is 0 Å². The van der Waals surface area contributed by atoms with Gasteiger partial charge in [0, 0.05) is 29.4 Å². The minimum atomic E-state index is 0.460. The maximum atomic E-state index is 6.17. The molecule has 140 valence electrons. The van der Waals surface area contributed by atoms with Crippen LogP contribution >= 0.6 is 11.6 Å². The standard InChI is InChI=1S/C22H23ClN2O2/c23-21-10-2-1-8-19(21)17-27-20-9-5-7-18(15-20)16-24-12-6-14-26-22-11-3-4-13-25-22/h1-5,7-11,13,15,24H,6,12,14,16-17H2. The molecule has 0 radical (unpaired) electrons. The molecule has 0 aliphatic heterocycles. The van der Waals surface area contributed by atoms with Gasteiger partial charge < -0.3 is 14.8 Å². The van der Waals surface area contributed by atoms with Crippen molar-refractivity contribution in [3.8, 4) is 11.6 Å². The normalized spacial score (nSPS) is 10.6. The van der Waals surface area contributed by atoms with E-state index in [1.54, 1.807) is 6.20 Å². The van der Waals surface area contributed by atoms with Crippen LogP contribution in [0.5, 0.6) is 11.6 Å². The number of pyridine rings is 1. The number of ether oxygens (including phenoxy) is 2. The lowest BCUT2D eigenvalue weighted by atomic mass is 10.2. The number of benzene rings is 2. The van der Waals surface area contributed by atoms with Gasteiger partial charge in [0.2, 0.25) is 5.88 Å². The fourth-order valence-electron chi connectivity index (χ4n) is 2.56. The molecule has 3 rings (SSSR count). The van der Waals surface area contributed by atoms with Crippen LogP contribution in [0, 0.1) is 0 Å². The molecule has 1 N–H and O–H groups in total. The van der Waals surface area contributed by atoms with Crippen LogP contribution in [-0.4, -0.2) is 18.1 Å². The van der Waals surface area contributed by atoms with E-state index >= 15 is 0 Å². The molecule has 3 aromatic rings. The topological polar surface area (TPSA) is 43.4 Å². The smallest absolute Gasteiger partial charge is 0.213 e. The first kappa shape index (κ1) is 19.2. The van der Waals surface area contributed by atoms with E-state index in [4.69, 9.17) is 21.1 Å². The number of hydrogen-bond acceptors (Lipinski definition) is 4. The van der Waals surface area contributed by atoms with E-state index in [1.165, 1.54) is 5.56 Å². The number of aromatic nitrogens is 1. The molecular formula is C22H23ClN2O2. The van der Waals surface area contributed by atoms with Crippen LogP contribution in [0.3, 0.4) is 0 Å². The molecule has 0 saturated heterocycles. The number of nitrogens with one attached hydrogen (secondary N) is 1. The first-order chi connectivity index (χ1) is 13.3. The number of hydrogen-bond donors (Lipinski definition) is 1. The van der Waals surface area contributed by atoms with Crippen LogP contribution < -0.4 is 14.8 Å². The predicted octanol–water partition coefficient (Wildman–Crippen LogP) is 4.87. The highest BCUT2D eigenvalue weighted by Gasteiger charge is 2.02. The van der Waals surface area contributed by atoms with Crippen molar-refractivity contribution in [1.29, 1.82) is 0 Å². The van der Waals surface area contributed by atoms with E-state index in [2.05, 4.69) is 16.4 Å². The van der Waals surface area contributed by atoms with Crippen molar-refractivity contribution in [2.24, 2.45) is 0 Å². The summed E-state index contributed by atoms with van der Waals surface area (Å²) in [6.45, 7) is 2.76. The predicted molar refractivity (Wildman–Crippen MR) is 108 cm³/mol. The summed E-state index contributed by atoms with van der Waals surface area (Å²) in [5.41, 5.74) is 2.16. The molecule has 27 heavy (non-hydrogen) atoms. The van der Waals surface area contributed by atoms with Crippen molar-refractivity contribution in [1.82, 2.24) is 10.3 Å². The van der Waals surface area contributed by atoms with Crippen molar-refractivity contribution in [2.75, 3.05) is 13.2 Å². The zero-order valence-corrected chi connectivity index (χ0v) is 15.9. The Kier molecular flexibility index (Phi) is 7.51. The Labute approximate surface area is 165 Å². The summed E-state index contributed by atoms with van der Waals surface area (Å²) in [6.07, 6.45) is 2.65. The van der Waals surface area contributed by atoms with Gasteiger partial charge in [0.05, 0.1) is 6.61 Å². The van der Waals surface area contributed by atoms with Crippen LogP contribution in [0.25, 0.3) is 0 Å². The molecule has 0 spiro atoms. The third-order valence-corrected chi connectivity index (χ3v) is 4.33. The second-order valence-corrected chi connectivity index (χ2v) is 6.48. The van der Waals surface area contributed by atoms with E-state index in [-0.39, 0.29) is 0 Å². The molecule has 2 aromatic carbocycles. The van der Waals surface area contributed by atoms with Gasteiger partial charge in [-0.15, -0.1) is 0 Å². The molecular weight excluding hydrogens is 360 g/mol. The molecule has 1 aromatic heterocycles. The molecule has 0 aliphatic carbocycles. The van der Waals surface area contributed by atoms with Gasteiger partial charge in [-0.25, -0.2) is 4.98 Å². The van der Waals surface area contributed by atoms with Crippen molar-refractivity contribution in [3.05, 3.63) is 89.1 Å². The molecule has 0 atom stereocenters. The largest absolute Gasteiger partial charge is 0.489 e. The van der Waals surface area contributed by atoms with E-state index in [0.29, 0.717) is 19.1 Å². The van der Waals surface area contributed by atoms with Gasteiger partial charge in [-0.05, 0) is 42.8 Å². The second-order valence-electron chi connectivity index (χ2n) is 6.07. The van der Waals surface area contributed by atoms with Crippen LogP contribution in [-0.2, 0) is 13.2 Å². The van der Waals surface area contributed by atoms with Crippen LogP contribution in [0.1, 0.15) is 17.5 Å². The van der Waals surface area contributed by atoms with E-state index in [1.807, 2.05) is 60.7 Å². The first-order valence-corrected chi connectivity index (χ1v) is 9.39. The minimum Gasteiger partial charge on any atom is -0.489 e. The zero-order valence-electron chi connectivity index (χ0n) is 15.1. The molecule has 0 aliphatic rings.